The van der Waals surface area contributed by atoms with Gasteiger partial charge >= 0.3 is 0 Å². The molecular formula is C23H31N3O3. The van der Waals surface area contributed by atoms with Gasteiger partial charge in [0.15, 0.2) is 11.5 Å². The lowest BCUT2D eigenvalue weighted by Gasteiger charge is -2.32. The number of carbonyl (C=O) groups excluding carboxylic acids is 1. The molecule has 1 aromatic carbocycles. The highest BCUT2D eigenvalue weighted by atomic mass is 16.5. The van der Waals surface area contributed by atoms with Gasteiger partial charge in [-0.2, -0.15) is 0 Å². The molecule has 1 fully saturated rings. The van der Waals surface area contributed by atoms with E-state index in [1.165, 1.54) is 0 Å². The number of nitrogens with zero attached hydrogens (tertiary/aromatic N) is 3. The Bertz CT molecular complexity index is 849. The second-order valence-corrected chi connectivity index (χ2v) is 7.81. The highest BCUT2D eigenvalue weighted by Crippen LogP contribution is 2.28. The summed E-state index contributed by atoms with van der Waals surface area (Å²) in [6.45, 7) is 6.92. The largest absolute Gasteiger partial charge is 0.493 e. The summed E-state index contributed by atoms with van der Waals surface area (Å²) < 4.78 is 12.8. The molecule has 1 aliphatic heterocycles. The van der Waals surface area contributed by atoms with Crippen LogP contribution in [0.5, 0.6) is 11.5 Å². The van der Waals surface area contributed by atoms with E-state index in [1.54, 1.807) is 20.3 Å². The van der Waals surface area contributed by atoms with Crippen molar-refractivity contribution in [2.24, 2.45) is 5.92 Å². The molecule has 0 saturated carbocycles. The first-order valence-electron chi connectivity index (χ1n) is 10.2. The Labute approximate surface area is 173 Å². The number of ether oxygens (including phenoxy) is 2. The van der Waals surface area contributed by atoms with Gasteiger partial charge in [-0.25, -0.2) is 4.98 Å². The van der Waals surface area contributed by atoms with Crippen molar-refractivity contribution in [2.45, 2.75) is 39.2 Å². The molecule has 0 spiro atoms. The number of hydrogen-bond donors (Lipinski definition) is 0. The van der Waals surface area contributed by atoms with Gasteiger partial charge in [-0.15, -0.1) is 0 Å². The molecule has 1 saturated heterocycles. The van der Waals surface area contributed by atoms with Gasteiger partial charge in [-0.1, -0.05) is 19.9 Å². The summed E-state index contributed by atoms with van der Waals surface area (Å²) in [4.78, 5) is 19.0. The fourth-order valence-electron chi connectivity index (χ4n) is 3.82. The second-order valence-electron chi connectivity index (χ2n) is 7.81. The molecule has 156 valence electrons. The second kappa shape index (κ2) is 9.63. The smallest absolute Gasteiger partial charge is 0.246 e. The zero-order valence-corrected chi connectivity index (χ0v) is 17.8. The first-order valence-corrected chi connectivity index (χ1v) is 10.2. The van der Waals surface area contributed by atoms with Gasteiger partial charge in [-0.3, -0.25) is 4.79 Å². The van der Waals surface area contributed by atoms with Crippen molar-refractivity contribution in [3.05, 3.63) is 48.1 Å². The van der Waals surface area contributed by atoms with Crippen LogP contribution in [0.1, 0.15) is 44.0 Å². The van der Waals surface area contributed by atoms with Crippen LogP contribution in [0.2, 0.25) is 0 Å². The molecule has 0 unspecified atom stereocenters. The van der Waals surface area contributed by atoms with E-state index in [-0.39, 0.29) is 5.91 Å². The van der Waals surface area contributed by atoms with Crippen LogP contribution in [0, 0.1) is 5.92 Å². The van der Waals surface area contributed by atoms with E-state index in [4.69, 9.17) is 9.47 Å². The van der Waals surface area contributed by atoms with Gasteiger partial charge in [0.1, 0.15) is 5.82 Å². The number of amides is 1. The minimum Gasteiger partial charge on any atom is -0.493 e. The molecule has 1 amide bonds. The maximum atomic E-state index is 12.6. The van der Waals surface area contributed by atoms with E-state index in [2.05, 4.69) is 29.6 Å². The summed E-state index contributed by atoms with van der Waals surface area (Å²) in [6, 6.07) is 5.62. The zero-order valence-electron chi connectivity index (χ0n) is 17.8. The van der Waals surface area contributed by atoms with Crippen molar-refractivity contribution in [1.82, 2.24) is 14.5 Å². The molecule has 0 bridgehead atoms. The predicted octanol–water partition coefficient (Wildman–Crippen LogP) is 3.98. The van der Waals surface area contributed by atoms with E-state index < -0.39 is 0 Å². The molecule has 3 rings (SSSR count). The number of rotatable bonds is 7. The van der Waals surface area contributed by atoms with E-state index in [0.717, 1.165) is 43.9 Å². The third-order valence-corrected chi connectivity index (χ3v) is 5.47. The minimum atomic E-state index is 0.0590. The standard InChI is InChI=1S/C23H31N3O3/c1-17(2)23-24-11-14-26(23)16-19-9-12-25(13-10-19)22(27)8-6-18-5-7-20(28-3)21(15-18)29-4/h5-8,11,14-15,17,19H,9-10,12-13,16H2,1-4H3/b8-6+. The van der Waals surface area contributed by atoms with Crippen molar-refractivity contribution in [3.8, 4) is 11.5 Å². The van der Waals surface area contributed by atoms with Crippen molar-refractivity contribution in [3.63, 3.8) is 0 Å². The van der Waals surface area contributed by atoms with Crippen LogP contribution in [0.25, 0.3) is 6.08 Å². The third-order valence-electron chi connectivity index (χ3n) is 5.47. The normalized spacial score (nSPS) is 15.3. The van der Waals surface area contributed by atoms with Gasteiger partial charge in [0.2, 0.25) is 5.91 Å². The Hall–Kier alpha value is -2.76. The summed E-state index contributed by atoms with van der Waals surface area (Å²) in [7, 11) is 3.21. The Morgan fingerprint density at radius 2 is 1.93 bits per heavy atom. The first-order chi connectivity index (χ1) is 14.0. The van der Waals surface area contributed by atoms with Crippen molar-refractivity contribution in [1.29, 1.82) is 0 Å². The number of likely N-dealkylation sites (tertiary alicyclic amines) is 1. The molecule has 0 radical (unpaired) electrons. The lowest BCUT2D eigenvalue weighted by atomic mass is 9.96. The van der Waals surface area contributed by atoms with Crippen LogP contribution in [-0.2, 0) is 11.3 Å². The number of carbonyl (C=O) groups is 1. The highest BCUT2D eigenvalue weighted by molar-refractivity contribution is 5.91. The zero-order chi connectivity index (χ0) is 20.8. The molecule has 2 aromatic rings. The summed E-state index contributed by atoms with van der Waals surface area (Å²) in [5.41, 5.74) is 0.909. The van der Waals surface area contributed by atoms with Crippen LogP contribution in [0.4, 0.5) is 0 Å². The number of aromatic nitrogens is 2. The third kappa shape index (κ3) is 5.19. The molecule has 29 heavy (non-hydrogen) atoms. The maximum absolute atomic E-state index is 12.6. The van der Waals surface area contributed by atoms with Crippen LogP contribution < -0.4 is 9.47 Å². The van der Waals surface area contributed by atoms with Gasteiger partial charge in [0.05, 0.1) is 14.2 Å². The molecule has 6 heteroatoms. The highest BCUT2D eigenvalue weighted by Gasteiger charge is 2.22. The molecule has 1 aliphatic rings. The van der Waals surface area contributed by atoms with Gasteiger partial charge < -0.3 is 18.9 Å². The van der Waals surface area contributed by atoms with Gasteiger partial charge in [0, 0.05) is 44.0 Å². The van der Waals surface area contributed by atoms with E-state index >= 15 is 0 Å². The lowest BCUT2D eigenvalue weighted by Crippen LogP contribution is -2.38. The lowest BCUT2D eigenvalue weighted by molar-refractivity contribution is -0.127. The van der Waals surface area contributed by atoms with Crippen LogP contribution in [-0.4, -0.2) is 47.7 Å². The number of benzene rings is 1. The molecule has 0 aliphatic carbocycles. The topological polar surface area (TPSA) is 56.6 Å². The average Bonchev–Trinajstić information content (AvgIpc) is 3.20. The van der Waals surface area contributed by atoms with Gasteiger partial charge in [-0.05, 0) is 42.5 Å². The van der Waals surface area contributed by atoms with Crippen LogP contribution in [0.15, 0.2) is 36.7 Å². The molecule has 0 atom stereocenters. The number of imidazole rings is 1. The SMILES string of the molecule is COc1ccc(/C=C/C(=O)N2CCC(Cn3ccnc3C(C)C)CC2)cc1OC. The van der Waals surface area contributed by atoms with Crippen molar-refractivity contribution < 1.29 is 14.3 Å². The monoisotopic (exact) mass is 397 g/mol. The predicted molar refractivity (Wildman–Crippen MR) is 114 cm³/mol. The number of methoxy groups -OCH3 is 2. The summed E-state index contributed by atoms with van der Waals surface area (Å²) in [6.07, 6.45) is 9.47. The fourth-order valence-corrected chi connectivity index (χ4v) is 3.82. The first kappa shape index (κ1) is 21.0. The Kier molecular flexibility index (Phi) is 6.96. The number of hydrogen-bond acceptors (Lipinski definition) is 4. The van der Waals surface area contributed by atoms with Crippen molar-refractivity contribution in [2.75, 3.05) is 27.3 Å². The Morgan fingerprint density at radius 3 is 2.59 bits per heavy atom. The summed E-state index contributed by atoms with van der Waals surface area (Å²) in [5, 5.41) is 0. The van der Waals surface area contributed by atoms with E-state index in [9.17, 15) is 4.79 Å². The fraction of sp³-hybridized carbons (Fsp3) is 0.478. The molecule has 6 nitrogen and oxygen atoms in total. The van der Waals surface area contributed by atoms with Gasteiger partial charge in [0.25, 0.3) is 0 Å². The van der Waals surface area contributed by atoms with Crippen LogP contribution in [0.3, 0.4) is 0 Å². The molecular weight excluding hydrogens is 366 g/mol. The molecule has 2 heterocycles. The summed E-state index contributed by atoms with van der Waals surface area (Å²) in [5.74, 6) is 3.54. The van der Waals surface area contributed by atoms with Crippen molar-refractivity contribution >= 4 is 12.0 Å². The quantitative estimate of drug-likeness (QED) is 0.663. The molecule has 1 aromatic heterocycles. The average molecular weight is 398 g/mol. The Balaban J connectivity index is 1.53. The maximum Gasteiger partial charge on any atom is 0.246 e. The van der Waals surface area contributed by atoms with E-state index in [1.807, 2.05) is 35.4 Å². The number of piperidine rings is 1. The van der Waals surface area contributed by atoms with Crippen LogP contribution >= 0.6 is 0 Å². The molecule has 0 N–H and O–H groups in total. The summed E-state index contributed by atoms with van der Waals surface area (Å²) >= 11 is 0. The van der Waals surface area contributed by atoms with E-state index in [0.29, 0.717) is 23.3 Å². The minimum absolute atomic E-state index is 0.0590. The Morgan fingerprint density at radius 1 is 1.21 bits per heavy atom.